The van der Waals surface area contributed by atoms with Gasteiger partial charge in [0.05, 0.1) is 37.6 Å². The van der Waals surface area contributed by atoms with Gasteiger partial charge in [0.25, 0.3) is 0 Å². The zero-order valence-electron chi connectivity index (χ0n) is 18.1. The van der Waals surface area contributed by atoms with Gasteiger partial charge in [-0.25, -0.2) is 0 Å². The minimum absolute atomic E-state index is 0.105. The number of rotatable bonds is 4. The van der Waals surface area contributed by atoms with E-state index in [1.54, 1.807) is 0 Å². The van der Waals surface area contributed by atoms with Gasteiger partial charge >= 0.3 is 0 Å². The van der Waals surface area contributed by atoms with Crippen molar-refractivity contribution >= 4 is 0 Å². The summed E-state index contributed by atoms with van der Waals surface area (Å²) in [6.07, 6.45) is 4.00. The highest BCUT2D eigenvalue weighted by Crippen LogP contribution is 2.36. The predicted molar refractivity (Wildman–Crippen MR) is 101 cm³/mol. The first-order valence-electron chi connectivity index (χ1n) is 10.4. The molecule has 0 unspecified atom stereocenters. The lowest BCUT2D eigenvalue weighted by molar-refractivity contribution is -0.329. The fourth-order valence-corrected chi connectivity index (χ4v) is 4.39. The van der Waals surface area contributed by atoms with E-state index < -0.39 is 17.4 Å². The summed E-state index contributed by atoms with van der Waals surface area (Å²) >= 11 is 0. The second-order valence-corrected chi connectivity index (χ2v) is 9.71. The van der Waals surface area contributed by atoms with E-state index in [-0.39, 0.29) is 24.4 Å². The second kappa shape index (κ2) is 7.88. The minimum atomic E-state index is -0.599. The van der Waals surface area contributed by atoms with Crippen LogP contribution in [0.2, 0.25) is 0 Å². The second-order valence-electron chi connectivity index (χ2n) is 9.71. The van der Waals surface area contributed by atoms with Crippen molar-refractivity contribution in [1.29, 1.82) is 0 Å². The molecule has 158 valence electrons. The standard InChI is InChI=1S/C21H38O6/c1-14-13-23-20(4,5)27-18(14)12-17-11-16(25-21(6,7)26-17)10-15-8-9-22-19(2,3)24-15/h14-18H,8-13H2,1-7H3/t14-,15+,16-,17+,18-/m1/s1. The van der Waals surface area contributed by atoms with E-state index in [0.717, 1.165) is 38.9 Å². The molecule has 5 atom stereocenters. The monoisotopic (exact) mass is 386 g/mol. The molecule has 0 aromatic heterocycles. The van der Waals surface area contributed by atoms with Gasteiger partial charge in [0.2, 0.25) is 0 Å². The van der Waals surface area contributed by atoms with Crippen LogP contribution in [0.3, 0.4) is 0 Å². The summed E-state index contributed by atoms with van der Waals surface area (Å²) in [6.45, 7) is 15.5. The molecule has 3 heterocycles. The fourth-order valence-electron chi connectivity index (χ4n) is 4.39. The van der Waals surface area contributed by atoms with Gasteiger partial charge in [-0.3, -0.25) is 0 Å². The Bertz CT molecular complexity index is 503. The molecular weight excluding hydrogens is 348 g/mol. The highest BCUT2D eigenvalue weighted by molar-refractivity contribution is 4.85. The Hall–Kier alpha value is -0.240. The molecule has 3 saturated heterocycles. The van der Waals surface area contributed by atoms with Crippen LogP contribution in [0, 0.1) is 5.92 Å². The lowest BCUT2D eigenvalue weighted by Gasteiger charge is -2.46. The Morgan fingerprint density at radius 2 is 1.30 bits per heavy atom. The summed E-state index contributed by atoms with van der Waals surface area (Å²) in [5, 5.41) is 0. The van der Waals surface area contributed by atoms with Crippen LogP contribution in [-0.4, -0.2) is 55.0 Å². The van der Waals surface area contributed by atoms with Gasteiger partial charge in [0.1, 0.15) is 0 Å². The van der Waals surface area contributed by atoms with Crippen LogP contribution in [0.5, 0.6) is 0 Å². The van der Waals surface area contributed by atoms with Gasteiger partial charge in [-0.1, -0.05) is 6.92 Å². The Balaban J connectivity index is 1.59. The smallest absolute Gasteiger partial charge is 0.163 e. The van der Waals surface area contributed by atoms with Crippen molar-refractivity contribution in [2.75, 3.05) is 13.2 Å². The number of hydrogen-bond acceptors (Lipinski definition) is 6. The van der Waals surface area contributed by atoms with Crippen molar-refractivity contribution in [3.05, 3.63) is 0 Å². The summed E-state index contributed by atoms with van der Waals surface area (Å²) in [7, 11) is 0. The van der Waals surface area contributed by atoms with Gasteiger partial charge in [-0.05, 0) is 48.0 Å². The third-order valence-electron chi connectivity index (χ3n) is 5.55. The fraction of sp³-hybridized carbons (Fsp3) is 1.00. The van der Waals surface area contributed by atoms with Gasteiger partial charge in [0, 0.05) is 25.2 Å². The van der Waals surface area contributed by atoms with Crippen molar-refractivity contribution in [2.45, 2.75) is 116 Å². The summed E-state index contributed by atoms with van der Waals surface area (Å²) in [6, 6.07) is 0. The molecule has 0 spiro atoms. The molecule has 0 saturated carbocycles. The Kier molecular flexibility index (Phi) is 6.27. The van der Waals surface area contributed by atoms with E-state index in [1.165, 1.54) is 0 Å². The maximum absolute atomic E-state index is 6.24. The van der Waals surface area contributed by atoms with Crippen molar-refractivity contribution < 1.29 is 28.4 Å². The average molecular weight is 387 g/mol. The topological polar surface area (TPSA) is 55.4 Å². The quantitative estimate of drug-likeness (QED) is 0.728. The van der Waals surface area contributed by atoms with Crippen LogP contribution in [0.4, 0.5) is 0 Å². The lowest BCUT2D eigenvalue weighted by atomic mass is 9.92. The summed E-state index contributed by atoms with van der Waals surface area (Å²) in [5.41, 5.74) is 0. The third-order valence-corrected chi connectivity index (χ3v) is 5.55. The summed E-state index contributed by atoms with van der Waals surface area (Å²) in [4.78, 5) is 0. The molecule has 0 amide bonds. The Morgan fingerprint density at radius 3 is 1.96 bits per heavy atom. The van der Waals surface area contributed by atoms with Crippen molar-refractivity contribution in [1.82, 2.24) is 0 Å². The highest BCUT2D eigenvalue weighted by Gasteiger charge is 2.42. The first-order valence-corrected chi connectivity index (χ1v) is 10.4. The molecule has 0 aromatic rings. The van der Waals surface area contributed by atoms with Gasteiger partial charge in [0.15, 0.2) is 17.4 Å². The van der Waals surface area contributed by atoms with E-state index >= 15 is 0 Å². The molecular formula is C21H38O6. The highest BCUT2D eigenvalue weighted by atomic mass is 16.7. The predicted octanol–water partition coefficient (Wildman–Crippen LogP) is 4.01. The molecule has 3 aliphatic rings. The van der Waals surface area contributed by atoms with Gasteiger partial charge < -0.3 is 28.4 Å². The van der Waals surface area contributed by atoms with Gasteiger partial charge in [-0.15, -0.1) is 0 Å². The maximum Gasteiger partial charge on any atom is 0.163 e. The Morgan fingerprint density at radius 1 is 0.704 bits per heavy atom. The SMILES string of the molecule is C[C@@H]1COC(C)(C)O[C@@H]1C[C@@H]1C[C@@H](C[C@@H]2CCOC(C)(C)O2)OC(C)(C)O1. The van der Waals surface area contributed by atoms with E-state index in [0.29, 0.717) is 5.92 Å². The lowest BCUT2D eigenvalue weighted by Crippen LogP contribution is -2.50. The number of ether oxygens (including phenoxy) is 6. The molecule has 0 aliphatic carbocycles. The molecule has 6 nitrogen and oxygen atoms in total. The van der Waals surface area contributed by atoms with Crippen molar-refractivity contribution in [3.8, 4) is 0 Å². The van der Waals surface area contributed by atoms with E-state index in [2.05, 4.69) is 6.92 Å². The summed E-state index contributed by atoms with van der Waals surface area (Å²) in [5.74, 6) is -1.29. The Labute approximate surface area is 164 Å². The average Bonchev–Trinajstić information content (AvgIpc) is 2.48. The van der Waals surface area contributed by atoms with Crippen LogP contribution in [-0.2, 0) is 28.4 Å². The molecule has 0 N–H and O–H groups in total. The van der Waals surface area contributed by atoms with Gasteiger partial charge in [-0.2, -0.15) is 0 Å². The summed E-state index contributed by atoms with van der Waals surface area (Å²) < 4.78 is 36.2. The van der Waals surface area contributed by atoms with E-state index in [9.17, 15) is 0 Å². The van der Waals surface area contributed by atoms with Crippen LogP contribution < -0.4 is 0 Å². The zero-order chi connectivity index (χ0) is 19.9. The van der Waals surface area contributed by atoms with Crippen LogP contribution in [0.15, 0.2) is 0 Å². The molecule has 0 radical (unpaired) electrons. The van der Waals surface area contributed by atoms with Crippen molar-refractivity contribution in [2.24, 2.45) is 5.92 Å². The molecule has 0 aromatic carbocycles. The zero-order valence-corrected chi connectivity index (χ0v) is 18.1. The molecule has 0 bridgehead atoms. The third kappa shape index (κ3) is 6.12. The first kappa shape index (κ1) is 21.5. The molecule has 27 heavy (non-hydrogen) atoms. The minimum Gasteiger partial charge on any atom is -0.350 e. The van der Waals surface area contributed by atoms with Crippen LogP contribution in [0.1, 0.15) is 74.1 Å². The van der Waals surface area contributed by atoms with E-state index in [1.807, 2.05) is 41.5 Å². The van der Waals surface area contributed by atoms with E-state index in [4.69, 9.17) is 28.4 Å². The molecule has 3 rings (SSSR count). The number of hydrogen-bond donors (Lipinski definition) is 0. The molecule has 3 fully saturated rings. The van der Waals surface area contributed by atoms with Crippen LogP contribution >= 0.6 is 0 Å². The molecule has 6 heteroatoms. The van der Waals surface area contributed by atoms with Crippen LogP contribution in [0.25, 0.3) is 0 Å². The normalized spacial score (nSPS) is 41.2. The van der Waals surface area contributed by atoms with Crippen molar-refractivity contribution in [3.63, 3.8) is 0 Å². The maximum atomic E-state index is 6.24. The molecule has 3 aliphatic heterocycles. The largest absolute Gasteiger partial charge is 0.350 e. The first-order chi connectivity index (χ1) is 12.4.